The molecule has 0 bridgehead atoms. The van der Waals surface area contributed by atoms with E-state index in [-0.39, 0.29) is 11.4 Å². The Labute approximate surface area is 108 Å². The van der Waals surface area contributed by atoms with Crippen molar-refractivity contribution >= 4 is 5.69 Å². The topological polar surface area (TPSA) is 15.3 Å². The van der Waals surface area contributed by atoms with Gasteiger partial charge in [-0.05, 0) is 44.7 Å². The number of nitrogens with one attached hydrogen (secondary N) is 1. The molecule has 1 aromatic rings. The predicted octanol–water partition coefficient (Wildman–Crippen LogP) is 2.79. The zero-order valence-electron chi connectivity index (χ0n) is 11.1. The summed E-state index contributed by atoms with van der Waals surface area (Å²) in [4.78, 5) is 2.23. The Kier molecular flexibility index (Phi) is 2.81. The van der Waals surface area contributed by atoms with Crippen molar-refractivity contribution < 1.29 is 4.39 Å². The monoisotopic (exact) mass is 248 g/mol. The SMILES string of the molecule is CC1CNC(C)(C2CC2)CN1c1ccccc1F. The average molecular weight is 248 g/mol. The van der Waals surface area contributed by atoms with E-state index in [2.05, 4.69) is 24.1 Å². The molecule has 3 heteroatoms. The molecule has 18 heavy (non-hydrogen) atoms. The van der Waals surface area contributed by atoms with E-state index < -0.39 is 0 Å². The lowest BCUT2D eigenvalue weighted by Crippen LogP contribution is -2.63. The first-order chi connectivity index (χ1) is 8.60. The van der Waals surface area contributed by atoms with Gasteiger partial charge in [-0.15, -0.1) is 0 Å². The lowest BCUT2D eigenvalue weighted by atomic mass is 9.91. The van der Waals surface area contributed by atoms with Gasteiger partial charge in [0.05, 0.1) is 5.69 Å². The number of piperazine rings is 1. The molecule has 1 saturated heterocycles. The summed E-state index contributed by atoms with van der Waals surface area (Å²) in [5.41, 5.74) is 0.896. The van der Waals surface area contributed by atoms with Gasteiger partial charge in [0.1, 0.15) is 5.82 Å². The third kappa shape index (κ3) is 2.01. The molecule has 0 amide bonds. The normalized spacial score (nSPS) is 32.6. The largest absolute Gasteiger partial charge is 0.363 e. The molecular weight excluding hydrogens is 227 g/mol. The van der Waals surface area contributed by atoms with Gasteiger partial charge in [-0.1, -0.05) is 12.1 Å². The first-order valence-electron chi connectivity index (χ1n) is 6.86. The van der Waals surface area contributed by atoms with E-state index in [1.54, 1.807) is 12.1 Å². The van der Waals surface area contributed by atoms with Crippen LogP contribution < -0.4 is 10.2 Å². The molecule has 98 valence electrons. The third-order valence-electron chi connectivity index (χ3n) is 4.47. The Morgan fingerprint density at radius 2 is 2.06 bits per heavy atom. The average Bonchev–Trinajstić information content (AvgIpc) is 3.18. The molecule has 2 atom stereocenters. The molecular formula is C15H21FN2. The third-order valence-corrected chi connectivity index (χ3v) is 4.47. The fraction of sp³-hybridized carbons (Fsp3) is 0.600. The molecule has 2 aliphatic rings. The highest BCUT2D eigenvalue weighted by Gasteiger charge is 2.45. The van der Waals surface area contributed by atoms with Gasteiger partial charge in [-0.2, -0.15) is 0 Å². The minimum atomic E-state index is -0.107. The molecule has 0 spiro atoms. The van der Waals surface area contributed by atoms with E-state index in [1.165, 1.54) is 12.8 Å². The summed E-state index contributed by atoms with van der Waals surface area (Å²) in [5, 5.41) is 3.66. The van der Waals surface area contributed by atoms with Gasteiger partial charge in [0.15, 0.2) is 0 Å². The molecule has 0 aromatic heterocycles. The molecule has 1 aliphatic carbocycles. The minimum absolute atomic E-state index is 0.107. The summed E-state index contributed by atoms with van der Waals surface area (Å²) in [6.45, 7) is 6.28. The van der Waals surface area contributed by atoms with Crippen LogP contribution in [0, 0.1) is 11.7 Å². The van der Waals surface area contributed by atoms with E-state index in [1.807, 2.05) is 12.1 Å². The Balaban J connectivity index is 1.87. The molecule has 2 fully saturated rings. The van der Waals surface area contributed by atoms with Crippen molar-refractivity contribution in [3.63, 3.8) is 0 Å². The van der Waals surface area contributed by atoms with Crippen LogP contribution in [-0.2, 0) is 0 Å². The maximum atomic E-state index is 14.0. The second-order valence-electron chi connectivity index (χ2n) is 6.00. The fourth-order valence-corrected chi connectivity index (χ4v) is 3.06. The molecule has 2 unspecified atom stereocenters. The second-order valence-corrected chi connectivity index (χ2v) is 6.00. The number of para-hydroxylation sites is 1. The highest BCUT2D eigenvalue weighted by molar-refractivity contribution is 5.50. The zero-order chi connectivity index (χ0) is 12.8. The summed E-state index contributed by atoms with van der Waals surface area (Å²) < 4.78 is 14.0. The second kappa shape index (κ2) is 4.23. The highest BCUT2D eigenvalue weighted by atomic mass is 19.1. The van der Waals surface area contributed by atoms with Crippen molar-refractivity contribution in [3.8, 4) is 0 Å². The van der Waals surface area contributed by atoms with Crippen molar-refractivity contribution in [1.82, 2.24) is 5.32 Å². The van der Waals surface area contributed by atoms with Crippen LogP contribution >= 0.6 is 0 Å². The molecule has 2 nitrogen and oxygen atoms in total. The molecule has 1 saturated carbocycles. The van der Waals surface area contributed by atoms with Gasteiger partial charge in [0.25, 0.3) is 0 Å². The number of hydrogen-bond donors (Lipinski definition) is 1. The van der Waals surface area contributed by atoms with E-state index in [4.69, 9.17) is 0 Å². The smallest absolute Gasteiger partial charge is 0.146 e. The van der Waals surface area contributed by atoms with Crippen molar-refractivity contribution in [1.29, 1.82) is 0 Å². The highest BCUT2D eigenvalue weighted by Crippen LogP contribution is 2.42. The van der Waals surface area contributed by atoms with Crippen LogP contribution in [0.2, 0.25) is 0 Å². The number of anilines is 1. The van der Waals surface area contributed by atoms with Crippen molar-refractivity contribution in [2.24, 2.45) is 5.92 Å². The van der Waals surface area contributed by atoms with E-state index in [9.17, 15) is 4.39 Å². The number of nitrogens with zero attached hydrogens (tertiary/aromatic N) is 1. The summed E-state index contributed by atoms with van der Waals surface area (Å²) >= 11 is 0. The van der Waals surface area contributed by atoms with E-state index >= 15 is 0 Å². The summed E-state index contributed by atoms with van der Waals surface area (Å²) in [7, 11) is 0. The van der Waals surface area contributed by atoms with Crippen molar-refractivity contribution in [2.75, 3.05) is 18.0 Å². The van der Waals surface area contributed by atoms with E-state index in [0.29, 0.717) is 6.04 Å². The number of hydrogen-bond acceptors (Lipinski definition) is 2. The molecule has 1 heterocycles. The van der Waals surface area contributed by atoms with Crippen LogP contribution in [0.5, 0.6) is 0 Å². The number of benzene rings is 1. The van der Waals surface area contributed by atoms with Crippen LogP contribution in [0.4, 0.5) is 10.1 Å². The van der Waals surface area contributed by atoms with Gasteiger partial charge >= 0.3 is 0 Å². The maximum absolute atomic E-state index is 14.0. The molecule has 1 aliphatic heterocycles. The first kappa shape index (κ1) is 12.0. The molecule has 0 radical (unpaired) electrons. The van der Waals surface area contributed by atoms with Gasteiger partial charge in [0.2, 0.25) is 0 Å². The predicted molar refractivity (Wildman–Crippen MR) is 72.3 cm³/mol. The summed E-state index contributed by atoms with van der Waals surface area (Å²) in [6.07, 6.45) is 2.62. The van der Waals surface area contributed by atoms with E-state index in [0.717, 1.165) is 24.7 Å². The van der Waals surface area contributed by atoms with Crippen LogP contribution in [-0.4, -0.2) is 24.7 Å². The maximum Gasteiger partial charge on any atom is 0.146 e. The minimum Gasteiger partial charge on any atom is -0.363 e. The fourth-order valence-electron chi connectivity index (χ4n) is 3.06. The number of halogens is 1. The molecule has 1 aromatic carbocycles. The quantitative estimate of drug-likeness (QED) is 0.865. The Morgan fingerprint density at radius 3 is 2.72 bits per heavy atom. The lowest BCUT2D eigenvalue weighted by Gasteiger charge is -2.46. The molecule has 1 N–H and O–H groups in total. The molecule has 3 rings (SSSR count). The number of rotatable bonds is 2. The van der Waals surface area contributed by atoms with Gasteiger partial charge < -0.3 is 10.2 Å². The standard InChI is InChI=1S/C15H21FN2/c1-11-9-17-15(2,12-7-8-12)10-18(11)14-6-4-3-5-13(14)16/h3-6,11-12,17H,7-10H2,1-2H3. The van der Waals surface area contributed by atoms with Gasteiger partial charge in [0, 0.05) is 24.7 Å². The zero-order valence-corrected chi connectivity index (χ0v) is 11.1. The van der Waals surface area contributed by atoms with Crippen LogP contribution in [0.3, 0.4) is 0 Å². The lowest BCUT2D eigenvalue weighted by molar-refractivity contribution is 0.259. The Morgan fingerprint density at radius 1 is 1.33 bits per heavy atom. The van der Waals surface area contributed by atoms with Crippen molar-refractivity contribution in [3.05, 3.63) is 30.1 Å². The van der Waals surface area contributed by atoms with Crippen LogP contribution in [0.15, 0.2) is 24.3 Å². The van der Waals surface area contributed by atoms with Crippen LogP contribution in [0.1, 0.15) is 26.7 Å². The van der Waals surface area contributed by atoms with Crippen molar-refractivity contribution in [2.45, 2.75) is 38.3 Å². The van der Waals surface area contributed by atoms with Crippen LogP contribution in [0.25, 0.3) is 0 Å². The van der Waals surface area contributed by atoms with Gasteiger partial charge in [-0.25, -0.2) is 4.39 Å². The first-order valence-corrected chi connectivity index (χ1v) is 6.86. The summed E-state index contributed by atoms with van der Waals surface area (Å²) in [5.74, 6) is 0.656. The van der Waals surface area contributed by atoms with Gasteiger partial charge in [-0.3, -0.25) is 0 Å². The Hall–Kier alpha value is -1.09. The Bertz CT molecular complexity index is 444. The summed E-state index contributed by atoms with van der Waals surface area (Å²) in [6, 6.07) is 7.46.